The van der Waals surface area contributed by atoms with Crippen LogP contribution in [0.1, 0.15) is 24.6 Å². The summed E-state index contributed by atoms with van der Waals surface area (Å²) in [5.74, 6) is -0.0533. The van der Waals surface area contributed by atoms with Crippen LogP contribution in [0.15, 0.2) is 29.6 Å². The molecule has 0 aliphatic rings. The van der Waals surface area contributed by atoms with Gasteiger partial charge in [-0.25, -0.2) is 4.98 Å². The number of nitrogens with one attached hydrogen (secondary N) is 2. The van der Waals surface area contributed by atoms with Crippen molar-refractivity contribution in [1.29, 1.82) is 0 Å². The van der Waals surface area contributed by atoms with E-state index in [9.17, 15) is 4.79 Å². The molecule has 5 heteroatoms. The van der Waals surface area contributed by atoms with Gasteiger partial charge in [0.25, 0.3) is 0 Å². The van der Waals surface area contributed by atoms with E-state index in [0.717, 1.165) is 11.4 Å². The van der Waals surface area contributed by atoms with Crippen LogP contribution in [-0.4, -0.2) is 16.9 Å². The highest BCUT2D eigenvalue weighted by Gasteiger charge is 2.17. The largest absolute Gasteiger partial charge is 0.374 e. The minimum atomic E-state index is -0.262. The normalized spacial score (nSPS) is 11.9. The highest BCUT2D eigenvalue weighted by atomic mass is 32.1. The number of anilines is 2. The minimum Gasteiger partial charge on any atom is -0.374 e. The van der Waals surface area contributed by atoms with Gasteiger partial charge in [-0.15, -0.1) is 11.3 Å². The number of thiazole rings is 1. The van der Waals surface area contributed by atoms with Crippen LogP contribution in [0.2, 0.25) is 0 Å². The number of hydrogen-bond donors (Lipinski definition) is 2. The number of amides is 1. The first kappa shape index (κ1) is 14.5. The molecule has 0 unspecified atom stereocenters. The topological polar surface area (TPSA) is 54.0 Å². The third kappa shape index (κ3) is 3.81. The molecule has 0 radical (unpaired) electrons. The summed E-state index contributed by atoms with van der Waals surface area (Å²) in [4.78, 5) is 16.5. The Morgan fingerprint density at radius 2 is 2.00 bits per heavy atom. The summed E-state index contributed by atoms with van der Waals surface area (Å²) in [6, 6.07) is 7.76. The average Bonchev–Trinajstić information content (AvgIpc) is 2.83. The smallest absolute Gasteiger partial charge is 0.248 e. The third-order valence-electron chi connectivity index (χ3n) is 2.97. The lowest BCUT2D eigenvalue weighted by molar-refractivity contribution is -0.116. The summed E-state index contributed by atoms with van der Waals surface area (Å²) >= 11 is 1.44. The van der Waals surface area contributed by atoms with E-state index in [1.807, 2.05) is 50.4 Å². The van der Waals surface area contributed by atoms with Gasteiger partial charge in [-0.1, -0.05) is 24.6 Å². The minimum absolute atomic E-state index is 0.0533. The second-order valence-corrected chi connectivity index (χ2v) is 5.61. The van der Waals surface area contributed by atoms with Gasteiger partial charge >= 0.3 is 0 Å². The molecule has 106 valence electrons. The Hall–Kier alpha value is -1.88. The monoisotopic (exact) mass is 289 g/mol. The predicted molar refractivity (Wildman–Crippen MR) is 84.4 cm³/mol. The van der Waals surface area contributed by atoms with Crippen LogP contribution in [0.25, 0.3) is 0 Å². The van der Waals surface area contributed by atoms with E-state index < -0.39 is 0 Å². The fourth-order valence-corrected chi connectivity index (χ4v) is 2.50. The Labute approximate surface area is 123 Å². The van der Waals surface area contributed by atoms with E-state index in [-0.39, 0.29) is 11.9 Å². The SMILES string of the molecule is CC[C@H](Nc1ccc(C)cc1)C(=O)Nc1nc(C)cs1. The van der Waals surface area contributed by atoms with Crippen molar-refractivity contribution in [2.24, 2.45) is 0 Å². The van der Waals surface area contributed by atoms with E-state index >= 15 is 0 Å². The summed E-state index contributed by atoms with van der Waals surface area (Å²) < 4.78 is 0. The Kier molecular flexibility index (Phi) is 4.74. The van der Waals surface area contributed by atoms with Crippen molar-refractivity contribution >= 4 is 28.1 Å². The summed E-state index contributed by atoms with van der Waals surface area (Å²) in [6.07, 6.45) is 0.712. The van der Waals surface area contributed by atoms with Crippen LogP contribution in [0.5, 0.6) is 0 Å². The maximum absolute atomic E-state index is 12.2. The van der Waals surface area contributed by atoms with Gasteiger partial charge in [-0.3, -0.25) is 4.79 Å². The molecule has 0 spiro atoms. The molecule has 0 saturated heterocycles. The molecule has 1 aromatic carbocycles. The highest BCUT2D eigenvalue weighted by Crippen LogP contribution is 2.16. The van der Waals surface area contributed by atoms with Crippen molar-refractivity contribution < 1.29 is 4.79 Å². The molecule has 0 bridgehead atoms. The van der Waals surface area contributed by atoms with Gasteiger partial charge in [-0.2, -0.15) is 0 Å². The van der Waals surface area contributed by atoms with Crippen molar-refractivity contribution in [2.75, 3.05) is 10.6 Å². The fourth-order valence-electron chi connectivity index (χ4n) is 1.81. The third-order valence-corrected chi connectivity index (χ3v) is 3.84. The molecule has 2 aromatic rings. The maximum atomic E-state index is 12.2. The van der Waals surface area contributed by atoms with Gasteiger partial charge in [0.15, 0.2) is 5.13 Å². The van der Waals surface area contributed by atoms with Crippen LogP contribution >= 0.6 is 11.3 Å². The molecule has 1 heterocycles. The molecular weight excluding hydrogens is 270 g/mol. The van der Waals surface area contributed by atoms with Gasteiger partial charge < -0.3 is 10.6 Å². The fraction of sp³-hybridized carbons (Fsp3) is 0.333. The molecule has 2 N–H and O–H groups in total. The van der Waals surface area contributed by atoms with E-state index in [1.54, 1.807) is 0 Å². The lowest BCUT2D eigenvalue weighted by atomic mass is 10.1. The van der Waals surface area contributed by atoms with Gasteiger partial charge in [0.05, 0.1) is 5.69 Å². The van der Waals surface area contributed by atoms with Crippen LogP contribution in [0.4, 0.5) is 10.8 Å². The Bertz CT molecular complexity index is 577. The first-order valence-corrected chi connectivity index (χ1v) is 7.52. The maximum Gasteiger partial charge on any atom is 0.248 e. The van der Waals surface area contributed by atoms with Gasteiger partial charge in [0.1, 0.15) is 6.04 Å². The quantitative estimate of drug-likeness (QED) is 0.884. The van der Waals surface area contributed by atoms with Crippen molar-refractivity contribution in [2.45, 2.75) is 33.2 Å². The van der Waals surface area contributed by atoms with E-state index in [2.05, 4.69) is 15.6 Å². The number of aromatic nitrogens is 1. The molecule has 1 atom stereocenters. The molecule has 0 aliphatic carbocycles. The average molecular weight is 289 g/mol. The first-order chi connectivity index (χ1) is 9.58. The summed E-state index contributed by atoms with van der Waals surface area (Å²) in [5, 5.41) is 8.67. The second-order valence-electron chi connectivity index (χ2n) is 4.75. The molecule has 1 aromatic heterocycles. The van der Waals surface area contributed by atoms with Crippen LogP contribution in [-0.2, 0) is 4.79 Å². The second kappa shape index (κ2) is 6.52. The molecular formula is C15H19N3OS. The predicted octanol–water partition coefficient (Wildman–Crippen LogP) is 3.59. The molecule has 4 nitrogen and oxygen atoms in total. The Morgan fingerprint density at radius 3 is 2.55 bits per heavy atom. The Balaban J connectivity index is 2.00. The van der Waals surface area contributed by atoms with Crippen LogP contribution < -0.4 is 10.6 Å². The lowest BCUT2D eigenvalue weighted by Crippen LogP contribution is -2.34. The number of hydrogen-bond acceptors (Lipinski definition) is 4. The number of carbonyl (C=O) groups excluding carboxylic acids is 1. The molecule has 0 saturated carbocycles. The van der Waals surface area contributed by atoms with Crippen molar-refractivity contribution in [3.8, 4) is 0 Å². The van der Waals surface area contributed by atoms with Gasteiger partial charge in [0.2, 0.25) is 5.91 Å². The summed E-state index contributed by atoms with van der Waals surface area (Å²) in [6.45, 7) is 5.94. The molecule has 0 fully saturated rings. The molecule has 2 rings (SSSR count). The number of rotatable bonds is 5. The molecule has 0 aliphatic heterocycles. The Morgan fingerprint density at radius 1 is 1.30 bits per heavy atom. The van der Waals surface area contributed by atoms with E-state index in [4.69, 9.17) is 0 Å². The molecule has 1 amide bonds. The standard InChI is InChI=1S/C15H19N3OS/c1-4-13(17-12-7-5-10(2)6-8-12)14(19)18-15-16-11(3)9-20-15/h5-9,13,17H,4H2,1-3H3,(H,16,18,19)/t13-/m0/s1. The van der Waals surface area contributed by atoms with E-state index in [0.29, 0.717) is 11.6 Å². The summed E-state index contributed by atoms with van der Waals surface area (Å²) in [5.41, 5.74) is 3.07. The van der Waals surface area contributed by atoms with Crippen molar-refractivity contribution in [1.82, 2.24) is 4.98 Å². The number of benzene rings is 1. The van der Waals surface area contributed by atoms with Crippen LogP contribution in [0.3, 0.4) is 0 Å². The lowest BCUT2D eigenvalue weighted by Gasteiger charge is -2.17. The van der Waals surface area contributed by atoms with Gasteiger partial charge in [-0.05, 0) is 32.4 Å². The molecule has 20 heavy (non-hydrogen) atoms. The van der Waals surface area contributed by atoms with Crippen LogP contribution in [0, 0.1) is 13.8 Å². The number of carbonyl (C=O) groups is 1. The first-order valence-electron chi connectivity index (χ1n) is 6.64. The zero-order chi connectivity index (χ0) is 14.5. The zero-order valence-corrected chi connectivity index (χ0v) is 12.8. The number of nitrogens with zero attached hydrogens (tertiary/aromatic N) is 1. The van der Waals surface area contributed by atoms with E-state index in [1.165, 1.54) is 16.9 Å². The highest BCUT2D eigenvalue weighted by molar-refractivity contribution is 7.13. The van der Waals surface area contributed by atoms with Gasteiger partial charge in [0, 0.05) is 11.1 Å². The zero-order valence-electron chi connectivity index (χ0n) is 11.9. The van der Waals surface area contributed by atoms with Crippen molar-refractivity contribution in [3.63, 3.8) is 0 Å². The summed E-state index contributed by atoms with van der Waals surface area (Å²) in [7, 11) is 0. The van der Waals surface area contributed by atoms with Crippen molar-refractivity contribution in [3.05, 3.63) is 40.9 Å². The number of aryl methyl sites for hydroxylation is 2.